The van der Waals surface area contributed by atoms with Crippen LogP contribution >= 0.6 is 0 Å². The highest BCUT2D eigenvalue weighted by Gasteiger charge is 2.31. The van der Waals surface area contributed by atoms with E-state index in [9.17, 15) is 4.79 Å². The molecule has 0 spiro atoms. The summed E-state index contributed by atoms with van der Waals surface area (Å²) in [5.41, 5.74) is 0.335. The zero-order valence-electron chi connectivity index (χ0n) is 14.4. The highest BCUT2D eigenvalue weighted by molar-refractivity contribution is 6.53. The largest absolute Gasteiger partial charge is 0.489 e. The van der Waals surface area contributed by atoms with Gasteiger partial charge in [0.25, 0.3) is 0 Å². The first-order chi connectivity index (χ1) is 9.52. The lowest BCUT2D eigenvalue weighted by molar-refractivity contribution is 0.0263. The lowest BCUT2D eigenvalue weighted by atomic mass is 9.73. The summed E-state index contributed by atoms with van der Waals surface area (Å²) in [5, 5.41) is 0. The molecule has 0 unspecified atom stereocenters. The van der Waals surface area contributed by atoms with E-state index in [1.165, 1.54) is 0 Å². The normalized spacial score (nSPS) is 16.5. The average Bonchev–Trinajstić information content (AvgIpc) is 2.33. The number of nitrogens with zero attached hydrogens (tertiary/aromatic N) is 1. The van der Waals surface area contributed by atoms with Crippen LogP contribution in [0, 0.1) is 0 Å². The molecule has 21 heavy (non-hydrogen) atoms. The first-order valence-electron chi connectivity index (χ1n) is 7.39. The summed E-state index contributed by atoms with van der Waals surface area (Å²) in [6, 6.07) is 0. The third-order valence-electron chi connectivity index (χ3n) is 2.87. The number of hydrogen-bond donors (Lipinski definition) is 0. The van der Waals surface area contributed by atoms with E-state index in [2.05, 4.69) is 0 Å². The van der Waals surface area contributed by atoms with Gasteiger partial charge in [-0.25, -0.2) is 4.79 Å². The molecular weight excluding hydrogens is 269 g/mol. The van der Waals surface area contributed by atoms with E-state index in [1.807, 2.05) is 47.6 Å². The van der Waals surface area contributed by atoms with Gasteiger partial charge in [-0.05, 0) is 53.4 Å². The van der Waals surface area contributed by atoms with Crippen molar-refractivity contribution >= 4 is 13.2 Å². The zero-order chi connectivity index (χ0) is 16.3. The Morgan fingerprint density at radius 1 is 1.19 bits per heavy atom. The van der Waals surface area contributed by atoms with Crippen molar-refractivity contribution in [3.63, 3.8) is 0 Å². The maximum atomic E-state index is 12.0. The second-order valence-corrected chi connectivity index (χ2v) is 7.25. The van der Waals surface area contributed by atoms with Crippen LogP contribution in [0.2, 0.25) is 0 Å². The molecule has 0 saturated carbocycles. The quantitative estimate of drug-likeness (QED) is 0.751. The Hall–Kier alpha value is -1.01. The topological polar surface area (TPSA) is 48.0 Å². The minimum atomic E-state index is -0.467. The van der Waals surface area contributed by atoms with Crippen LogP contribution in [0.3, 0.4) is 0 Å². The van der Waals surface area contributed by atoms with E-state index < -0.39 is 5.60 Å². The van der Waals surface area contributed by atoms with Crippen molar-refractivity contribution in [1.82, 2.24) is 4.90 Å². The molecule has 120 valence electrons. The van der Waals surface area contributed by atoms with Gasteiger partial charge in [-0.1, -0.05) is 6.08 Å². The summed E-state index contributed by atoms with van der Waals surface area (Å²) in [7, 11) is 1.28. The smallest absolute Gasteiger partial charge is 0.444 e. The third-order valence-corrected chi connectivity index (χ3v) is 2.87. The molecule has 1 amide bonds. The third kappa shape index (κ3) is 6.53. The number of carbonyl (C=O) groups is 1. The van der Waals surface area contributed by atoms with Crippen molar-refractivity contribution in [3.8, 4) is 0 Å². The van der Waals surface area contributed by atoms with Crippen LogP contribution in [0.4, 0.5) is 4.79 Å². The monoisotopic (exact) mass is 297 g/mol. The first kappa shape index (κ1) is 18.0. The Morgan fingerprint density at radius 2 is 1.81 bits per heavy atom. The van der Waals surface area contributed by atoms with Gasteiger partial charge >= 0.3 is 13.2 Å². The Bertz CT molecular complexity index is 395. The zero-order valence-corrected chi connectivity index (χ0v) is 14.4. The fourth-order valence-electron chi connectivity index (χ4n) is 1.99. The second-order valence-electron chi connectivity index (χ2n) is 7.25. The minimum absolute atomic E-state index is 0.274. The average molecular weight is 297 g/mol. The highest BCUT2D eigenvalue weighted by Crippen LogP contribution is 2.21. The Morgan fingerprint density at radius 3 is 2.19 bits per heavy atom. The molecule has 0 atom stereocenters. The molecule has 0 aliphatic carbocycles. The summed E-state index contributed by atoms with van der Waals surface area (Å²) < 4.78 is 16.7. The summed E-state index contributed by atoms with van der Waals surface area (Å²) in [5.74, 6) is 0. The molecule has 1 aliphatic rings. The van der Waals surface area contributed by atoms with Crippen LogP contribution in [0.25, 0.3) is 0 Å². The van der Waals surface area contributed by atoms with Gasteiger partial charge in [0.2, 0.25) is 0 Å². The maximum absolute atomic E-state index is 12.0. The summed E-state index contributed by atoms with van der Waals surface area (Å²) in [6.07, 6.45) is 2.45. The van der Waals surface area contributed by atoms with Gasteiger partial charge in [-0.15, -0.1) is 0 Å². The van der Waals surface area contributed by atoms with Crippen LogP contribution < -0.4 is 0 Å². The molecule has 1 aliphatic heterocycles. The molecule has 0 bridgehead atoms. The van der Waals surface area contributed by atoms with Gasteiger partial charge in [0.1, 0.15) is 5.60 Å². The van der Waals surface area contributed by atoms with Gasteiger partial charge in [0.15, 0.2) is 0 Å². The Labute approximate surface area is 128 Å². The van der Waals surface area contributed by atoms with Gasteiger partial charge in [0.05, 0.1) is 0 Å². The standard InChI is InChI=1S/C15H28BNO4/c1-14(2,3)20-13(18)17-10-8-12(9-11-17)16(19-7)21-15(4,5)6/h8H,9-11H2,1-7H3. The predicted octanol–water partition coefficient (Wildman–Crippen LogP) is 3.04. The number of amides is 1. The molecule has 0 saturated heterocycles. The maximum Gasteiger partial charge on any atom is 0.489 e. The molecule has 0 fully saturated rings. The van der Waals surface area contributed by atoms with Crippen molar-refractivity contribution in [1.29, 1.82) is 0 Å². The molecule has 0 aromatic heterocycles. The lowest BCUT2D eigenvalue weighted by Crippen LogP contribution is -2.42. The fraction of sp³-hybridized carbons (Fsp3) is 0.800. The van der Waals surface area contributed by atoms with Crippen molar-refractivity contribution in [3.05, 3.63) is 11.5 Å². The Balaban J connectivity index is 2.62. The first-order valence-corrected chi connectivity index (χ1v) is 7.39. The number of rotatable bonds is 3. The van der Waals surface area contributed by atoms with Gasteiger partial charge in [-0.3, -0.25) is 0 Å². The molecule has 0 radical (unpaired) electrons. The van der Waals surface area contributed by atoms with Gasteiger partial charge in [-0.2, -0.15) is 0 Å². The number of ether oxygens (including phenoxy) is 1. The molecular formula is C15H28BNO4. The van der Waals surface area contributed by atoms with Crippen LogP contribution in [0.5, 0.6) is 0 Å². The second kappa shape index (κ2) is 6.84. The predicted molar refractivity (Wildman–Crippen MR) is 84.1 cm³/mol. The fourth-order valence-corrected chi connectivity index (χ4v) is 1.99. The Kier molecular flexibility index (Phi) is 5.87. The van der Waals surface area contributed by atoms with Crippen LogP contribution in [-0.4, -0.2) is 49.5 Å². The van der Waals surface area contributed by atoms with Gasteiger partial charge in [0, 0.05) is 25.8 Å². The van der Waals surface area contributed by atoms with E-state index >= 15 is 0 Å². The number of carbonyl (C=O) groups excluding carboxylic acids is 1. The molecule has 1 heterocycles. The van der Waals surface area contributed by atoms with Crippen LogP contribution in [0.1, 0.15) is 48.0 Å². The van der Waals surface area contributed by atoms with E-state index in [1.54, 1.807) is 12.0 Å². The molecule has 1 rings (SSSR count). The minimum Gasteiger partial charge on any atom is -0.444 e. The van der Waals surface area contributed by atoms with E-state index in [4.69, 9.17) is 14.0 Å². The van der Waals surface area contributed by atoms with E-state index in [-0.39, 0.29) is 18.8 Å². The lowest BCUT2D eigenvalue weighted by Gasteiger charge is -2.32. The van der Waals surface area contributed by atoms with E-state index in [0.717, 1.165) is 11.9 Å². The molecule has 6 heteroatoms. The molecule has 0 N–H and O–H groups in total. The molecule has 0 aromatic rings. The van der Waals surface area contributed by atoms with Gasteiger partial charge < -0.3 is 18.9 Å². The molecule has 0 aromatic carbocycles. The van der Waals surface area contributed by atoms with Crippen molar-refractivity contribution in [2.24, 2.45) is 0 Å². The SMILES string of the molecule is COB(OC(C)(C)C)C1=CCN(C(=O)OC(C)(C)C)CC1. The summed E-state index contributed by atoms with van der Waals surface area (Å²) in [4.78, 5) is 13.7. The van der Waals surface area contributed by atoms with Crippen molar-refractivity contribution in [2.75, 3.05) is 20.2 Å². The van der Waals surface area contributed by atoms with Crippen molar-refractivity contribution < 1.29 is 18.8 Å². The van der Waals surface area contributed by atoms with Crippen molar-refractivity contribution in [2.45, 2.75) is 59.2 Å². The summed E-state index contributed by atoms with van der Waals surface area (Å²) in [6.45, 7) is 12.7. The van der Waals surface area contributed by atoms with E-state index in [0.29, 0.717) is 13.1 Å². The summed E-state index contributed by atoms with van der Waals surface area (Å²) >= 11 is 0. The van der Waals surface area contributed by atoms with Crippen LogP contribution in [-0.2, 0) is 14.0 Å². The highest BCUT2D eigenvalue weighted by atomic mass is 16.6. The molecule has 5 nitrogen and oxygen atoms in total. The van der Waals surface area contributed by atoms with Crippen LogP contribution in [0.15, 0.2) is 11.5 Å². The number of hydrogen-bond acceptors (Lipinski definition) is 4.